The van der Waals surface area contributed by atoms with Crippen molar-refractivity contribution in [3.05, 3.63) is 65.0 Å². The number of urea groups is 2. The van der Waals surface area contributed by atoms with E-state index in [2.05, 4.69) is 25.9 Å². The van der Waals surface area contributed by atoms with E-state index in [-0.39, 0.29) is 36.5 Å². The Morgan fingerprint density at radius 2 is 1.98 bits per heavy atom. The highest BCUT2D eigenvalue weighted by molar-refractivity contribution is 6.12. The van der Waals surface area contributed by atoms with Crippen molar-refractivity contribution in [3.8, 4) is 0 Å². The molecule has 220 valence electrons. The largest absolute Gasteiger partial charge is 0.468 e. The number of rotatable bonds is 9. The van der Waals surface area contributed by atoms with Crippen molar-refractivity contribution in [1.29, 1.82) is 0 Å². The van der Waals surface area contributed by atoms with Crippen LogP contribution >= 0.6 is 0 Å². The van der Waals surface area contributed by atoms with E-state index < -0.39 is 41.6 Å². The normalized spacial score (nSPS) is 22.7. The van der Waals surface area contributed by atoms with Crippen LogP contribution in [0.25, 0.3) is 0 Å². The first-order valence-electron chi connectivity index (χ1n) is 13.3. The number of aromatic nitrogens is 1. The number of carbonyl (C=O) groups excluding carboxylic acids is 3. The van der Waals surface area contributed by atoms with Gasteiger partial charge in [-0.05, 0) is 55.6 Å². The molecule has 1 aromatic heterocycles. The van der Waals surface area contributed by atoms with Crippen molar-refractivity contribution in [2.75, 3.05) is 40.5 Å². The third-order valence-corrected chi connectivity index (χ3v) is 7.27. The van der Waals surface area contributed by atoms with Crippen LogP contribution < -0.4 is 16.0 Å². The zero-order valence-electron chi connectivity index (χ0n) is 23.2. The van der Waals surface area contributed by atoms with Gasteiger partial charge in [-0.3, -0.25) is 9.78 Å². The summed E-state index contributed by atoms with van der Waals surface area (Å²) >= 11 is 0. The second-order valence-corrected chi connectivity index (χ2v) is 9.93. The average molecular weight is 573 g/mol. The van der Waals surface area contributed by atoms with Gasteiger partial charge in [-0.2, -0.15) is 4.99 Å². The molecule has 4 rings (SSSR count). The number of benzene rings is 1. The van der Waals surface area contributed by atoms with Crippen molar-refractivity contribution in [2.45, 2.75) is 37.9 Å². The van der Waals surface area contributed by atoms with Crippen LogP contribution in [0.15, 0.2) is 41.5 Å². The van der Waals surface area contributed by atoms with E-state index in [1.807, 2.05) is 19.1 Å². The van der Waals surface area contributed by atoms with E-state index in [1.54, 1.807) is 6.20 Å². The van der Waals surface area contributed by atoms with E-state index in [1.165, 1.54) is 13.2 Å². The zero-order valence-corrected chi connectivity index (χ0v) is 23.2. The molecule has 0 radical (unpaired) electrons. The smallest absolute Gasteiger partial charge is 0.352 e. The Balaban J connectivity index is 1.46. The van der Waals surface area contributed by atoms with Gasteiger partial charge in [0, 0.05) is 32.4 Å². The van der Waals surface area contributed by atoms with Crippen molar-refractivity contribution in [3.63, 3.8) is 0 Å². The second kappa shape index (κ2) is 13.7. The van der Waals surface area contributed by atoms with Gasteiger partial charge in [-0.25, -0.2) is 23.3 Å². The predicted octanol–water partition coefficient (Wildman–Crippen LogP) is 2.81. The highest BCUT2D eigenvalue weighted by Crippen LogP contribution is 2.36. The van der Waals surface area contributed by atoms with Gasteiger partial charge < -0.3 is 25.4 Å². The fourth-order valence-corrected chi connectivity index (χ4v) is 5.31. The summed E-state index contributed by atoms with van der Waals surface area (Å²) in [5.74, 6) is -4.41. The molecule has 2 aromatic rings. The molecule has 41 heavy (non-hydrogen) atoms. The minimum atomic E-state index is -1.34. The Morgan fingerprint density at radius 1 is 1.17 bits per heavy atom. The van der Waals surface area contributed by atoms with Crippen LogP contribution in [-0.4, -0.2) is 80.1 Å². The molecule has 13 heteroatoms. The Morgan fingerprint density at radius 3 is 2.68 bits per heavy atom. The Labute approximate surface area is 236 Å². The van der Waals surface area contributed by atoms with Gasteiger partial charge in [0.2, 0.25) is 0 Å². The molecule has 4 amide bonds. The third-order valence-electron chi connectivity index (χ3n) is 7.27. The van der Waals surface area contributed by atoms with Gasteiger partial charge in [-0.15, -0.1) is 0 Å². The predicted molar refractivity (Wildman–Crippen MR) is 145 cm³/mol. The number of amides is 4. The number of methoxy groups -OCH3 is 2. The van der Waals surface area contributed by atoms with Crippen LogP contribution in [0.5, 0.6) is 0 Å². The van der Waals surface area contributed by atoms with E-state index in [0.717, 1.165) is 54.8 Å². The van der Waals surface area contributed by atoms with Crippen LogP contribution in [0, 0.1) is 24.5 Å². The summed E-state index contributed by atoms with van der Waals surface area (Å²) in [5, 5.41) is 9.61. The minimum absolute atomic E-state index is 0.00778. The number of imide groups is 1. The molecule has 3 heterocycles. The number of esters is 1. The monoisotopic (exact) mass is 572 g/mol. The summed E-state index contributed by atoms with van der Waals surface area (Å²) in [4.78, 5) is 48.4. The lowest BCUT2D eigenvalue weighted by Crippen LogP contribution is -2.54. The number of ether oxygens (including phenoxy) is 2. The first-order chi connectivity index (χ1) is 19.7. The molecule has 0 aliphatic carbocycles. The fraction of sp³-hybridized carbons (Fsp3) is 0.464. The third kappa shape index (κ3) is 6.92. The van der Waals surface area contributed by atoms with Crippen molar-refractivity contribution < 1.29 is 32.6 Å². The summed E-state index contributed by atoms with van der Waals surface area (Å²) in [6.07, 6.45) is 3.47. The quantitative estimate of drug-likeness (QED) is 0.309. The van der Waals surface area contributed by atoms with Gasteiger partial charge in [0.15, 0.2) is 11.6 Å². The Hall–Kier alpha value is -3.81. The molecule has 2 aliphatic rings. The summed E-state index contributed by atoms with van der Waals surface area (Å²) in [5.41, 5.74) is 2.15. The molecular weight excluding hydrogens is 538 g/mol. The second-order valence-electron chi connectivity index (χ2n) is 9.93. The van der Waals surface area contributed by atoms with Gasteiger partial charge in [0.05, 0.1) is 37.2 Å². The maximum absolute atomic E-state index is 14.2. The molecule has 1 fully saturated rings. The number of halogens is 2. The van der Waals surface area contributed by atoms with E-state index in [0.29, 0.717) is 6.54 Å². The first-order valence-corrected chi connectivity index (χ1v) is 13.3. The maximum atomic E-state index is 14.2. The topological polar surface area (TPSA) is 134 Å². The molecule has 1 aromatic carbocycles. The van der Waals surface area contributed by atoms with Crippen molar-refractivity contribution >= 4 is 23.7 Å². The molecule has 2 aliphatic heterocycles. The maximum Gasteiger partial charge on any atom is 0.352 e. The van der Waals surface area contributed by atoms with Crippen LogP contribution in [-0.2, 0) is 14.3 Å². The summed E-state index contributed by atoms with van der Waals surface area (Å²) in [7, 11) is 2.49. The fourth-order valence-electron chi connectivity index (χ4n) is 5.31. The van der Waals surface area contributed by atoms with E-state index in [4.69, 9.17) is 9.47 Å². The van der Waals surface area contributed by atoms with E-state index >= 15 is 0 Å². The number of carbonyl (C=O) groups is 3. The van der Waals surface area contributed by atoms with Crippen LogP contribution in [0.3, 0.4) is 0 Å². The van der Waals surface area contributed by atoms with Crippen molar-refractivity contribution in [2.24, 2.45) is 10.9 Å². The van der Waals surface area contributed by atoms with Gasteiger partial charge in [0.25, 0.3) is 0 Å². The zero-order chi connectivity index (χ0) is 29.5. The van der Waals surface area contributed by atoms with Crippen LogP contribution in [0.1, 0.15) is 41.7 Å². The van der Waals surface area contributed by atoms with Gasteiger partial charge in [-0.1, -0.05) is 12.1 Å². The number of pyridine rings is 1. The molecular formula is C28H34F2N6O5. The average Bonchev–Trinajstić information content (AvgIpc) is 2.96. The molecule has 11 nitrogen and oxygen atoms in total. The number of nitrogens with zero attached hydrogens (tertiary/aromatic N) is 3. The number of aryl methyl sites for hydroxylation is 1. The first kappa shape index (κ1) is 30.2. The number of piperidine rings is 1. The van der Waals surface area contributed by atoms with Gasteiger partial charge in [0.1, 0.15) is 5.92 Å². The number of aliphatic imine (C=N–C) groups is 1. The lowest BCUT2D eigenvalue weighted by Gasteiger charge is -2.37. The molecule has 3 unspecified atom stereocenters. The number of hydrogen-bond donors (Lipinski definition) is 3. The SMILES string of the molecule is COCC1=NC(=O)N(C(=O)NCCNC2CCNC(c3ncccc3C)C2)[C@@H](c2ccc(F)c(F)c2)C1C(=O)OC. The molecule has 1 saturated heterocycles. The summed E-state index contributed by atoms with van der Waals surface area (Å²) < 4.78 is 38.0. The minimum Gasteiger partial charge on any atom is -0.468 e. The molecule has 0 bridgehead atoms. The number of nitrogens with one attached hydrogen (secondary N) is 3. The van der Waals surface area contributed by atoms with Crippen LogP contribution in [0.2, 0.25) is 0 Å². The standard InChI is InChI=1S/C28H34F2N6O5/c1-16-5-4-9-33-24(16)21-14-18(8-10-32-21)31-11-12-34-27(38)36-25(17-6-7-19(29)20(30)13-17)23(26(37)41-3)22(15-40-2)35-28(36)39/h4-7,9,13,18,21,23,25,31-32H,8,10-12,14-15H2,1-3H3,(H,34,38)/t18?,21?,23?,25-/m0/s1. The molecule has 0 saturated carbocycles. The van der Waals surface area contributed by atoms with Crippen LogP contribution in [0.4, 0.5) is 18.4 Å². The Bertz CT molecular complexity index is 1310. The molecule has 3 N–H and O–H groups in total. The summed E-state index contributed by atoms with van der Waals surface area (Å²) in [6.45, 7) is 3.18. The highest BCUT2D eigenvalue weighted by Gasteiger charge is 2.47. The molecule has 4 atom stereocenters. The van der Waals surface area contributed by atoms with Gasteiger partial charge >= 0.3 is 18.0 Å². The Kier molecular flexibility index (Phi) is 10.1. The number of hydrogen-bond acceptors (Lipinski definition) is 8. The van der Waals surface area contributed by atoms with Crippen molar-refractivity contribution in [1.82, 2.24) is 25.8 Å². The highest BCUT2D eigenvalue weighted by atomic mass is 19.2. The summed E-state index contributed by atoms with van der Waals surface area (Å²) in [6, 6.07) is 3.98. The lowest BCUT2D eigenvalue weighted by atomic mass is 9.86. The lowest BCUT2D eigenvalue weighted by molar-refractivity contribution is -0.144. The van der Waals surface area contributed by atoms with E-state index in [9.17, 15) is 23.2 Å². The molecule has 0 spiro atoms.